The summed E-state index contributed by atoms with van der Waals surface area (Å²) in [6, 6.07) is 4.66. The number of nitrogens with one attached hydrogen (secondary N) is 1. The highest BCUT2D eigenvalue weighted by Crippen LogP contribution is 2.27. The standard InChI is InChI=1S/C10H11BrFNO/c11-9-2-1-7(12)5-8(9)10-6-13-3-4-14-10/h1-2,5,10,13H,3-4,6H2. The molecular weight excluding hydrogens is 249 g/mol. The van der Waals surface area contributed by atoms with Gasteiger partial charge in [0.15, 0.2) is 0 Å². The van der Waals surface area contributed by atoms with E-state index in [-0.39, 0.29) is 11.9 Å². The van der Waals surface area contributed by atoms with Gasteiger partial charge in [0.05, 0.1) is 12.7 Å². The van der Waals surface area contributed by atoms with E-state index in [9.17, 15) is 4.39 Å². The van der Waals surface area contributed by atoms with Gasteiger partial charge in [0.1, 0.15) is 5.82 Å². The van der Waals surface area contributed by atoms with E-state index in [2.05, 4.69) is 21.2 Å². The Balaban J connectivity index is 2.24. The van der Waals surface area contributed by atoms with E-state index < -0.39 is 0 Å². The quantitative estimate of drug-likeness (QED) is 0.836. The van der Waals surface area contributed by atoms with Gasteiger partial charge in [-0.25, -0.2) is 4.39 Å². The van der Waals surface area contributed by atoms with E-state index in [0.717, 1.165) is 23.1 Å². The van der Waals surface area contributed by atoms with Crippen LogP contribution in [-0.4, -0.2) is 19.7 Å². The topological polar surface area (TPSA) is 21.3 Å². The summed E-state index contributed by atoms with van der Waals surface area (Å²) in [7, 11) is 0. The van der Waals surface area contributed by atoms with Crippen molar-refractivity contribution >= 4 is 15.9 Å². The lowest BCUT2D eigenvalue weighted by Crippen LogP contribution is -2.33. The van der Waals surface area contributed by atoms with Crippen LogP contribution in [0.2, 0.25) is 0 Å². The zero-order chi connectivity index (χ0) is 9.97. The van der Waals surface area contributed by atoms with Crippen LogP contribution in [0.4, 0.5) is 4.39 Å². The number of hydrogen-bond acceptors (Lipinski definition) is 2. The van der Waals surface area contributed by atoms with Gasteiger partial charge in [0.2, 0.25) is 0 Å². The highest BCUT2D eigenvalue weighted by atomic mass is 79.9. The monoisotopic (exact) mass is 259 g/mol. The van der Waals surface area contributed by atoms with Crippen LogP contribution in [0.25, 0.3) is 0 Å². The van der Waals surface area contributed by atoms with Crippen molar-refractivity contribution in [1.82, 2.24) is 5.32 Å². The molecule has 1 N–H and O–H groups in total. The number of halogens is 2. The van der Waals surface area contributed by atoms with Gasteiger partial charge >= 0.3 is 0 Å². The zero-order valence-corrected chi connectivity index (χ0v) is 9.18. The van der Waals surface area contributed by atoms with E-state index in [1.54, 1.807) is 6.07 Å². The van der Waals surface area contributed by atoms with Crippen LogP contribution < -0.4 is 5.32 Å². The van der Waals surface area contributed by atoms with Gasteiger partial charge in [-0.2, -0.15) is 0 Å². The highest BCUT2D eigenvalue weighted by Gasteiger charge is 2.18. The first-order valence-electron chi connectivity index (χ1n) is 4.54. The minimum Gasteiger partial charge on any atom is -0.371 e. The Kier molecular flexibility index (Phi) is 3.15. The summed E-state index contributed by atoms with van der Waals surface area (Å²) < 4.78 is 19.4. The first-order chi connectivity index (χ1) is 6.77. The van der Waals surface area contributed by atoms with Crippen LogP contribution >= 0.6 is 15.9 Å². The molecule has 1 unspecified atom stereocenters. The summed E-state index contributed by atoms with van der Waals surface area (Å²) in [6.07, 6.45) is -0.0474. The third kappa shape index (κ3) is 2.13. The van der Waals surface area contributed by atoms with Crippen LogP contribution in [0.5, 0.6) is 0 Å². The predicted molar refractivity (Wildman–Crippen MR) is 55.7 cm³/mol. The molecule has 4 heteroatoms. The summed E-state index contributed by atoms with van der Waals surface area (Å²) in [6.45, 7) is 2.28. The molecule has 0 radical (unpaired) electrons. The maximum atomic E-state index is 13.0. The number of hydrogen-bond donors (Lipinski definition) is 1. The largest absolute Gasteiger partial charge is 0.371 e. The van der Waals surface area contributed by atoms with Crippen LogP contribution in [0.1, 0.15) is 11.7 Å². The maximum absolute atomic E-state index is 13.0. The fraction of sp³-hybridized carbons (Fsp3) is 0.400. The number of ether oxygens (including phenoxy) is 1. The summed E-state index contributed by atoms with van der Waals surface area (Å²) in [5.41, 5.74) is 0.872. The van der Waals surface area contributed by atoms with Gasteiger partial charge in [-0.15, -0.1) is 0 Å². The second kappa shape index (κ2) is 4.38. The Bertz CT molecular complexity index is 326. The van der Waals surface area contributed by atoms with Crippen molar-refractivity contribution in [3.63, 3.8) is 0 Å². The third-order valence-electron chi connectivity index (χ3n) is 2.23. The van der Waals surface area contributed by atoms with Crippen molar-refractivity contribution < 1.29 is 9.13 Å². The molecule has 14 heavy (non-hydrogen) atoms. The zero-order valence-electron chi connectivity index (χ0n) is 7.59. The predicted octanol–water partition coefficient (Wildman–Crippen LogP) is 2.25. The molecule has 0 spiro atoms. The lowest BCUT2D eigenvalue weighted by molar-refractivity contribution is 0.0271. The van der Waals surface area contributed by atoms with Crippen LogP contribution in [0, 0.1) is 5.82 Å². The molecular formula is C10H11BrFNO. The Morgan fingerprint density at radius 3 is 3.07 bits per heavy atom. The second-order valence-electron chi connectivity index (χ2n) is 3.23. The van der Waals surface area contributed by atoms with Gasteiger partial charge in [-0.3, -0.25) is 0 Å². The van der Waals surface area contributed by atoms with Crippen molar-refractivity contribution in [2.24, 2.45) is 0 Å². The van der Waals surface area contributed by atoms with Gasteiger partial charge in [-0.1, -0.05) is 15.9 Å². The Hall–Kier alpha value is -0.450. The lowest BCUT2D eigenvalue weighted by atomic mass is 10.1. The van der Waals surface area contributed by atoms with E-state index in [4.69, 9.17) is 4.74 Å². The fourth-order valence-corrected chi connectivity index (χ4v) is 2.03. The summed E-state index contributed by atoms with van der Waals surface area (Å²) in [5, 5.41) is 3.21. The summed E-state index contributed by atoms with van der Waals surface area (Å²) in [5.74, 6) is -0.225. The number of rotatable bonds is 1. The Labute approximate surface area is 90.6 Å². The molecule has 1 fully saturated rings. The molecule has 2 nitrogen and oxygen atoms in total. The van der Waals surface area contributed by atoms with E-state index >= 15 is 0 Å². The summed E-state index contributed by atoms with van der Waals surface area (Å²) in [4.78, 5) is 0. The molecule has 1 saturated heterocycles. The van der Waals surface area contributed by atoms with Crippen LogP contribution in [0.3, 0.4) is 0 Å². The molecule has 0 amide bonds. The average molecular weight is 260 g/mol. The molecule has 76 valence electrons. The van der Waals surface area contributed by atoms with E-state index in [1.165, 1.54) is 12.1 Å². The molecule has 0 saturated carbocycles. The molecule has 2 rings (SSSR count). The fourth-order valence-electron chi connectivity index (χ4n) is 1.53. The number of morpholine rings is 1. The molecule has 0 aliphatic carbocycles. The van der Waals surface area contributed by atoms with Crippen molar-refractivity contribution in [1.29, 1.82) is 0 Å². The molecule has 1 atom stereocenters. The third-order valence-corrected chi connectivity index (χ3v) is 2.95. The van der Waals surface area contributed by atoms with Crippen molar-refractivity contribution in [2.75, 3.05) is 19.7 Å². The molecule has 1 aromatic carbocycles. The minimum absolute atomic E-state index is 0.0474. The van der Waals surface area contributed by atoms with Crippen LogP contribution in [0.15, 0.2) is 22.7 Å². The van der Waals surface area contributed by atoms with Gasteiger partial charge in [0, 0.05) is 17.6 Å². The highest BCUT2D eigenvalue weighted by molar-refractivity contribution is 9.10. The molecule has 1 aromatic rings. The number of benzene rings is 1. The first kappa shape index (κ1) is 10.1. The normalized spacial score (nSPS) is 22.3. The molecule has 0 bridgehead atoms. The molecule has 0 aromatic heterocycles. The lowest BCUT2D eigenvalue weighted by Gasteiger charge is -2.24. The Morgan fingerprint density at radius 2 is 2.36 bits per heavy atom. The Morgan fingerprint density at radius 1 is 1.50 bits per heavy atom. The smallest absolute Gasteiger partial charge is 0.123 e. The van der Waals surface area contributed by atoms with Crippen molar-refractivity contribution in [3.8, 4) is 0 Å². The van der Waals surface area contributed by atoms with Gasteiger partial charge < -0.3 is 10.1 Å². The molecule has 1 aliphatic rings. The molecule has 1 heterocycles. The second-order valence-corrected chi connectivity index (χ2v) is 4.08. The SMILES string of the molecule is Fc1ccc(Br)c(C2CNCCO2)c1. The van der Waals surface area contributed by atoms with E-state index in [0.29, 0.717) is 6.61 Å². The van der Waals surface area contributed by atoms with Crippen molar-refractivity contribution in [2.45, 2.75) is 6.10 Å². The van der Waals surface area contributed by atoms with Crippen molar-refractivity contribution in [3.05, 3.63) is 34.1 Å². The first-order valence-corrected chi connectivity index (χ1v) is 5.34. The minimum atomic E-state index is -0.225. The van der Waals surface area contributed by atoms with Gasteiger partial charge in [0.25, 0.3) is 0 Å². The van der Waals surface area contributed by atoms with E-state index in [1.807, 2.05) is 0 Å². The average Bonchev–Trinajstić information content (AvgIpc) is 2.23. The summed E-state index contributed by atoms with van der Waals surface area (Å²) >= 11 is 3.39. The maximum Gasteiger partial charge on any atom is 0.123 e. The molecule has 1 aliphatic heterocycles. The van der Waals surface area contributed by atoms with Gasteiger partial charge in [-0.05, 0) is 23.8 Å². The van der Waals surface area contributed by atoms with Crippen LogP contribution in [-0.2, 0) is 4.74 Å².